The number of hydrogen-bond donors (Lipinski definition) is 8. The lowest BCUT2D eigenvalue weighted by Crippen LogP contribution is -2.40. The van der Waals surface area contributed by atoms with Gasteiger partial charge in [0, 0.05) is 43.1 Å². The Morgan fingerprint density at radius 3 is 2.39 bits per heavy atom. The van der Waals surface area contributed by atoms with Crippen LogP contribution in [0.3, 0.4) is 0 Å². The van der Waals surface area contributed by atoms with Crippen molar-refractivity contribution in [2.45, 2.75) is 147 Å². The summed E-state index contributed by atoms with van der Waals surface area (Å²) in [7, 11) is 1.48. The number of hydrogen-bond acceptors (Lipinski definition) is 10. The van der Waals surface area contributed by atoms with E-state index in [9.17, 15) is 30.3 Å². The van der Waals surface area contributed by atoms with Gasteiger partial charge in [0.25, 0.3) is 0 Å². The Morgan fingerprint density at radius 1 is 0.939 bits per heavy atom. The Labute approximate surface area is 391 Å². The molecule has 0 radical (unpaired) electrons. The van der Waals surface area contributed by atoms with Crippen LogP contribution < -0.4 is 15.8 Å². The second-order valence-corrected chi connectivity index (χ2v) is 20.0. The van der Waals surface area contributed by atoms with Gasteiger partial charge in [-0.2, -0.15) is 0 Å². The maximum Gasteiger partial charge on any atom is 0.173 e. The van der Waals surface area contributed by atoms with Gasteiger partial charge in [-0.25, -0.2) is 0 Å². The average molecular weight is 904 g/mol. The fourth-order valence-corrected chi connectivity index (χ4v) is 12.0. The number of benzene rings is 2. The summed E-state index contributed by atoms with van der Waals surface area (Å²) in [4.78, 5) is 32.5. The molecular formula is C55H73N3O8. The first-order valence-electron chi connectivity index (χ1n) is 24.6. The number of carbonyl (C=O) groups is 2. The number of H-pyrrole nitrogens is 1. The maximum absolute atomic E-state index is 15.0. The molecule has 11 heteroatoms. The number of methoxy groups -OCH3 is 1. The predicted molar refractivity (Wildman–Crippen MR) is 256 cm³/mol. The van der Waals surface area contributed by atoms with Crippen molar-refractivity contribution >= 4 is 11.6 Å². The minimum atomic E-state index is -1.82. The first-order valence-corrected chi connectivity index (χ1v) is 24.6. The van der Waals surface area contributed by atoms with Crippen molar-refractivity contribution in [3.63, 3.8) is 0 Å². The van der Waals surface area contributed by atoms with Gasteiger partial charge in [-0.05, 0) is 146 Å². The number of Topliss-reactive ketones (excluding diaryl/α,β-unsaturated/α-hetero) is 2. The van der Waals surface area contributed by atoms with Gasteiger partial charge in [0.05, 0.1) is 37.2 Å². The molecule has 3 aromatic rings. The topological polar surface area (TPSA) is 198 Å². The van der Waals surface area contributed by atoms with Crippen LogP contribution in [0.2, 0.25) is 0 Å². The molecule has 66 heavy (non-hydrogen) atoms. The van der Waals surface area contributed by atoms with Crippen LogP contribution in [-0.4, -0.2) is 80.2 Å². The standard InChI is InChI=1S/C55H73N3O8/c1-5-11-44(49(62)30-42-26-39(32-58-42)33(2)14-18-47(60)34(3)59)38-25-41(55(21-9-10-22-55)40-20-23-57-52(56)29-40)24-36-15-17-43(35-12-7-6-8-13-35)45-31-50(63)51(66-4)28-37(45)16-19-48(61)54(65)53(64)46(36)27-38/h6-8,12-13,20,26,28-29,31-34,36,38,41,43-44,46-47,49,54,57-60,62-63,65H,5,9-11,14,16,18-19,21-25,27,30,56H2,1-4H3/t33-,34+,36-,38-,41+,43-,44+,46+,47+,49-,54+/m1/s1. The number of aromatic hydroxyl groups is 1. The molecule has 356 valence electrons. The number of nitrogens with one attached hydrogen (secondary N) is 2. The van der Waals surface area contributed by atoms with E-state index in [2.05, 4.69) is 54.2 Å². The van der Waals surface area contributed by atoms with E-state index >= 15 is 4.79 Å². The molecule has 3 aliphatic carbocycles. The normalized spacial score (nSPS) is 26.8. The van der Waals surface area contributed by atoms with E-state index < -0.39 is 53.7 Å². The minimum Gasteiger partial charge on any atom is -0.504 e. The van der Waals surface area contributed by atoms with Crippen LogP contribution in [0.1, 0.15) is 138 Å². The fraction of sp³-hybridized carbons (Fsp3) is 0.564. The van der Waals surface area contributed by atoms with Gasteiger partial charge in [-0.3, -0.25) is 9.59 Å². The molecule has 1 aliphatic heterocycles. The van der Waals surface area contributed by atoms with Crippen LogP contribution in [0.25, 0.3) is 0 Å². The highest BCUT2D eigenvalue weighted by Crippen LogP contribution is 2.57. The van der Waals surface area contributed by atoms with Crippen LogP contribution in [-0.2, 0) is 22.4 Å². The van der Waals surface area contributed by atoms with Gasteiger partial charge in [-0.1, -0.05) is 81.4 Å². The number of carbonyl (C=O) groups excluding carboxylic acids is 2. The quantitative estimate of drug-likeness (QED) is 0.0559. The van der Waals surface area contributed by atoms with Gasteiger partial charge in [-0.15, -0.1) is 0 Å². The largest absolute Gasteiger partial charge is 0.504 e. The van der Waals surface area contributed by atoms with Gasteiger partial charge in [0.2, 0.25) is 0 Å². The number of aliphatic hydroxyl groups excluding tert-OH is 4. The molecule has 2 fully saturated rings. The number of phenolic OH excluding ortho intramolecular Hbond substituents is 1. The summed E-state index contributed by atoms with van der Waals surface area (Å²) in [6, 6.07) is 15.4. The summed E-state index contributed by atoms with van der Waals surface area (Å²) >= 11 is 0. The smallest absolute Gasteiger partial charge is 0.173 e. The highest BCUT2D eigenvalue weighted by molar-refractivity contribution is 6.06. The molecule has 2 saturated carbocycles. The lowest BCUT2D eigenvalue weighted by Gasteiger charge is -2.43. The Bertz CT molecular complexity index is 2260. The summed E-state index contributed by atoms with van der Waals surface area (Å²) in [6.45, 7) is 6.45. The third kappa shape index (κ3) is 10.9. The SMILES string of the molecule is CCC[C@@H]([C@@H]1C[C@@H](C2(C3=CCNC(N)=C3)CCCC2)C[C@H]2C#C[C@H](c3ccccc3)c3cc(O)c(OC)cc3CCC(=O)[C@H](O)C(=O)[C@H]2C1)[C@H](O)Cc1cc([C@H](C)CC[C@H](O)[C@H](C)O)c[nH]1. The lowest BCUT2D eigenvalue weighted by atomic mass is 9.62. The monoisotopic (exact) mass is 904 g/mol. The van der Waals surface area contributed by atoms with Gasteiger partial charge in [0.1, 0.15) is 0 Å². The Hall–Kier alpha value is -4.86. The van der Waals surface area contributed by atoms with E-state index in [1.807, 2.05) is 36.5 Å². The summed E-state index contributed by atoms with van der Waals surface area (Å²) in [5.41, 5.74) is 11.9. The highest BCUT2D eigenvalue weighted by Gasteiger charge is 2.50. The number of phenols is 1. The van der Waals surface area contributed by atoms with Crippen LogP contribution in [0.15, 0.2) is 78.3 Å². The minimum absolute atomic E-state index is 0.0354. The zero-order valence-corrected chi connectivity index (χ0v) is 39.3. The zero-order chi connectivity index (χ0) is 47.1. The summed E-state index contributed by atoms with van der Waals surface area (Å²) in [5.74, 6) is 5.24. The number of aliphatic hydroxyl groups is 4. The van der Waals surface area contributed by atoms with Crippen molar-refractivity contribution in [1.82, 2.24) is 10.3 Å². The molecule has 11 nitrogen and oxygen atoms in total. The average Bonchev–Trinajstić information content (AvgIpc) is 3.97. The Morgan fingerprint density at radius 2 is 1.70 bits per heavy atom. The van der Waals surface area contributed by atoms with Crippen molar-refractivity contribution in [3.05, 3.63) is 106 Å². The number of aromatic amines is 1. The van der Waals surface area contributed by atoms with E-state index in [0.29, 0.717) is 44.5 Å². The molecule has 0 unspecified atom stereocenters. The van der Waals surface area contributed by atoms with E-state index in [4.69, 9.17) is 10.5 Å². The molecule has 0 amide bonds. The number of allylic oxidation sites excluding steroid dienone is 2. The summed E-state index contributed by atoms with van der Waals surface area (Å²) in [5, 5.41) is 58.7. The van der Waals surface area contributed by atoms with Crippen molar-refractivity contribution in [2.75, 3.05) is 13.7 Å². The van der Waals surface area contributed by atoms with E-state index in [1.54, 1.807) is 19.1 Å². The molecule has 0 bridgehead atoms. The first kappa shape index (κ1) is 49.1. The molecule has 9 N–H and O–H groups in total. The van der Waals surface area contributed by atoms with Crippen molar-refractivity contribution < 1.29 is 39.9 Å². The molecule has 1 aromatic heterocycles. The Kier molecular flexibility index (Phi) is 16.2. The second kappa shape index (κ2) is 21.8. The van der Waals surface area contributed by atoms with E-state index in [0.717, 1.165) is 72.9 Å². The third-order valence-corrected chi connectivity index (χ3v) is 15.8. The molecule has 0 saturated heterocycles. The van der Waals surface area contributed by atoms with Gasteiger partial charge in [0.15, 0.2) is 29.2 Å². The molecule has 2 aromatic carbocycles. The lowest BCUT2D eigenvalue weighted by molar-refractivity contribution is -0.142. The van der Waals surface area contributed by atoms with Crippen molar-refractivity contribution in [2.24, 2.45) is 40.7 Å². The highest BCUT2D eigenvalue weighted by atomic mass is 16.5. The fourth-order valence-electron chi connectivity index (χ4n) is 12.0. The van der Waals surface area contributed by atoms with Crippen LogP contribution in [0.4, 0.5) is 0 Å². The van der Waals surface area contributed by atoms with Crippen LogP contribution in [0, 0.1) is 46.8 Å². The number of aryl methyl sites for hydroxylation is 1. The number of ether oxygens (including phenoxy) is 1. The predicted octanol–water partition coefficient (Wildman–Crippen LogP) is 7.49. The van der Waals surface area contributed by atoms with Crippen molar-refractivity contribution in [3.8, 4) is 23.3 Å². The van der Waals surface area contributed by atoms with E-state index in [1.165, 1.54) is 12.7 Å². The number of ketones is 2. The van der Waals surface area contributed by atoms with Crippen LogP contribution >= 0.6 is 0 Å². The number of nitrogens with two attached hydrogens (primary N) is 1. The van der Waals surface area contributed by atoms with Crippen LogP contribution in [0.5, 0.6) is 11.5 Å². The molecular weight excluding hydrogens is 831 g/mol. The third-order valence-electron chi connectivity index (χ3n) is 15.8. The second-order valence-electron chi connectivity index (χ2n) is 20.0. The number of rotatable bonds is 15. The molecule has 2 heterocycles. The molecule has 4 aliphatic rings. The summed E-state index contributed by atoms with van der Waals surface area (Å²) < 4.78 is 5.50. The summed E-state index contributed by atoms with van der Waals surface area (Å²) in [6.07, 6.45) is 11.1. The number of dihydropyridines is 1. The molecule has 11 atom stereocenters. The molecule has 7 rings (SSSR count). The number of fused-ring (bicyclic) bond motifs is 2. The number of aromatic nitrogens is 1. The zero-order valence-electron chi connectivity index (χ0n) is 39.3. The van der Waals surface area contributed by atoms with Crippen molar-refractivity contribution in [1.29, 1.82) is 0 Å². The Balaban J connectivity index is 1.32. The maximum atomic E-state index is 15.0. The van der Waals surface area contributed by atoms with Gasteiger partial charge < -0.3 is 46.3 Å². The first-order chi connectivity index (χ1) is 31.7. The van der Waals surface area contributed by atoms with Gasteiger partial charge >= 0.3 is 0 Å². The van der Waals surface area contributed by atoms with E-state index in [-0.39, 0.29) is 53.4 Å². The molecule has 0 spiro atoms.